The Balaban J connectivity index is 1.68. The fourth-order valence-electron chi connectivity index (χ4n) is 3.40. The predicted molar refractivity (Wildman–Crippen MR) is 115 cm³/mol. The maximum absolute atomic E-state index is 14.6. The van der Waals surface area contributed by atoms with Gasteiger partial charge in [-0.3, -0.25) is 0 Å². The lowest BCUT2D eigenvalue weighted by atomic mass is 9.98. The van der Waals surface area contributed by atoms with Gasteiger partial charge in [-0.25, -0.2) is 22.0 Å². The molecule has 3 rings (SSSR count). The molecule has 0 saturated heterocycles. The van der Waals surface area contributed by atoms with E-state index in [4.69, 9.17) is 0 Å². The van der Waals surface area contributed by atoms with Crippen LogP contribution in [-0.2, 0) is 19.3 Å². The molecule has 0 radical (unpaired) electrons. The van der Waals surface area contributed by atoms with Gasteiger partial charge < -0.3 is 4.74 Å². The highest BCUT2D eigenvalue weighted by Gasteiger charge is 2.13. The Morgan fingerprint density at radius 3 is 2.00 bits per heavy atom. The summed E-state index contributed by atoms with van der Waals surface area (Å²) in [6.45, 7) is 2.11. The highest BCUT2D eigenvalue weighted by Crippen LogP contribution is 2.26. The summed E-state index contributed by atoms with van der Waals surface area (Å²) in [6.07, 6.45) is 0.617. The van der Waals surface area contributed by atoms with E-state index in [0.29, 0.717) is 23.5 Å². The van der Waals surface area contributed by atoms with E-state index in [9.17, 15) is 22.0 Å². The minimum Gasteiger partial charge on any atom is -0.459 e. The molecule has 6 heteroatoms. The van der Waals surface area contributed by atoms with Gasteiger partial charge >= 0.3 is 0 Å². The molecule has 0 bridgehead atoms. The van der Waals surface area contributed by atoms with Crippen molar-refractivity contribution in [3.05, 3.63) is 101 Å². The molecule has 168 valence electrons. The fraction of sp³-hybridized carbons (Fsp3) is 0.231. The maximum atomic E-state index is 14.6. The summed E-state index contributed by atoms with van der Waals surface area (Å²) in [6, 6.07) is 15.0. The minimum atomic E-state index is -2.79. The highest BCUT2D eigenvalue weighted by atomic mass is 19.3. The van der Waals surface area contributed by atoms with E-state index < -0.39 is 29.6 Å². The molecule has 0 atom stereocenters. The maximum Gasteiger partial charge on any atom is 0.260 e. The molecule has 0 spiro atoms. The topological polar surface area (TPSA) is 9.23 Å². The number of halogens is 5. The van der Waals surface area contributed by atoms with Crippen molar-refractivity contribution in [3.8, 4) is 16.9 Å². The van der Waals surface area contributed by atoms with Crippen LogP contribution < -0.4 is 4.74 Å². The van der Waals surface area contributed by atoms with Crippen molar-refractivity contribution in [2.75, 3.05) is 0 Å². The smallest absolute Gasteiger partial charge is 0.260 e. The Morgan fingerprint density at radius 2 is 1.41 bits per heavy atom. The largest absolute Gasteiger partial charge is 0.459 e. The average Bonchev–Trinajstić information content (AvgIpc) is 2.75. The number of ether oxygens (including phenoxy) is 1. The molecular weight excluding hydrogens is 423 g/mol. The molecule has 0 aliphatic heterocycles. The van der Waals surface area contributed by atoms with Crippen molar-refractivity contribution in [2.45, 2.75) is 39.0 Å². The monoisotopic (exact) mass is 446 g/mol. The molecule has 1 nitrogen and oxygen atoms in total. The van der Waals surface area contributed by atoms with Crippen molar-refractivity contribution in [1.29, 1.82) is 0 Å². The number of hydrogen-bond acceptors (Lipinski definition) is 1. The SMILES string of the molecule is CCCc1ccc(-c2ccc(CCc3cc(F)c(O/C=C/C(F)F)c(F)c3)c(F)c2)cc1. The minimum absolute atomic E-state index is 0.197. The van der Waals surface area contributed by atoms with Crippen molar-refractivity contribution >= 4 is 0 Å². The highest BCUT2D eigenvalue weighted by molar-refractivity contribution is 5.64. The van der Waals surface area contributed by atoms with E-state index in [1.54, 1.807) is 6.07 Å². The third kappa shape index (κ3) is 6.19. The Morgan fingerprint density at radius 1 is 0.750 bits per heavy atom. The molecule has 0 amide bonds. The molecule has 0 aliphatic carbocycles. The van der Waals surface area contributed by atoms with E-state index in [1.807, 2.05) is 30.3 Å². The lowest BCUT2D eigenvalue weighted by Gasteiger charge is -2.09. The van der Waals surface area contributed by atoms with Gasteiger partial charge in [0.05, 0.1) is 6.26 Å². The lowest BCUT2D eigenvalue weighted by Crippen LogP contribution is -1.99. The summed E-state index contributed by atoms with van der Waals surface area (Å²) in [5.74, 6) is -3.17. The Kier molecular flexibility index (Phi) is 8.03. The van der Waals surface area contributed by atoms with Crippen LogP contribution >= 0.6 is 0 Å². The second-order valence-corrected chi connectivity index (χ2v) is 7.42. The number of benzene rings is 3. The Hall–Kier alpha value is -3.15. The molecule has 3 aromatic carbocycles. The summed E-state index contributed by atoms with van der Waals surface area (Å²) >= 11 is 0. The van der Waals surface area contributed by atoms with Crippen LogP contribution in [0.4, 0.5) is 22.0 Å². The molecule has 0 saturated carbocycles. The summed E-state index contributed by atoms with van der Waals surface area (Å²) in [7, 11) is 0. The summed E-state index contributed by atoms with van der Waals surface area (Å²) < 4.78 is 71.6. The van der Waals surface area contributed by atoms with Crippen molar-refractivity contribution in [1.82, 2.24) is 0 Å². The average molecular weight is 446 g/mol. The first-order valence-electron chi connectivity index (χ1n) is 10.3. The molecule has 3 aromatic rings. The van der Waals surface area contributed by atoms with Crippen LogP contribution in [-0.4, -0.2) is 6.43 Å². The van der Waals surface area contributed by atoms with Crippen LogP contribution in [0.15, 0.2) is 66.9 Å². The van der Waals surface area contributed by atoms with Crippen molar-refractivity contribution < 1.29 is 26.7 Å². The molecule has 0 heterocycles. The molecule has 0 aromatic heterocycles. The van der Waals surface area contributed by atoms with Crippen LogP contribution in [0.3, 0.4) is 0 Å². The third-order valence-corrected chi connectivity index (χ3v) is 5.03. The van der Waals surface area contributed by atoms with Crippen molar-refractivity contribution in [3.63, 3.8) is 0 Å². The number of rotatable bonds is 9. The van der Waals surface area contributed by atoms with Gasteiger partial charge in [0.25, 0.3) is 6.43 Å². The molecule has 0 aliphatic rings. The molecule has 32 heavy (non-hydrogen) atoms. The summed E-state index contributed by atoms with van der Waals surface area (Å²) in [4.78, 5) is 0. The first-order valence-corrected chi connectivity index (χ1v) is 10.3. The lowest BCUT2D eigenvalue weighted by molar-refractivity contribution is 0.200. The van der Waals surface area contributed by atoms with Crippen LogP contribution in [0.25, 0.3) is 11.1 Å². The molecular formula is C26H23F5O. The normalized spacial score (nSPS) is 11.5. The zero-order chi connectivity index (χ0) is 23.1. The molecule has 0 N–H and O–H groups in total. The standard InChI is InChI=1S/C26H23F5O/c1-2-3-17-4-7-19(8-5-17)21-11-10-20(22(27)16-21)9-6-18-14-23(28)26(24(29)15-18)32-13-12-25(30)31/h4-5,7-8,10-16,25H,2-3,6,9H2,1H3/b13-12+. The van der Waals surface area contributed by atoms with E-state index in [2.05, 4.69) is 11.7 Å². The molecule has 0 fully saturated rings. The van der Waals surface area contributed by atoms with Crippen LogP contribution in [0, 0.1) is 17.5 Å². The zero-order valence-electron chi connectivity index (χ0n) is 17.6. The van der Waals surface area contributed by atoms with E-state index in [1.165, 1.54) is 11.6 Å². The van der Waals surface area contributed by atoms with Crippen LogP contribution in [0.2, 0.25) is 0 Å². The number of alkyl halides is 2. The molecule has 0 unspecified atom stereocenters. The Bertz CT molecular complexity index is 1050. The Labute approximate surface area is 184 Å². The van der Waals surface area contributed by atoms with Crippen LogP contribution in [0.1, 0.15) is 30.0 Å². The number of hydrogen-bond donors (Lipinski definition) is 0. The van der Waals surface area contributed by atoms with Crippen LogP contribution in [0.5, 0.6) is 5.75 Å². The van der Waals surface area contributed by atoms with Gasteiger partial charge in [0.15, 0.2) is 17.4 Å². The van der Waals surface area contributed by atoms with E-state index >= 15 is 0 Å². The summed E-state index contributed by atoms with van der Waals surface area (Å²) in [5, 5.41) is 0. The third-order valence-electron chi connectivity index (χ3n) is 5.03. The number of allylic oxidation sites excluding steroid dienone is 1. The van der Waals surface area contributed by atoms with Gasteiger partial charge in [0, 0.05) is 6.08 Å². The first kappa shape index (κ1) is 23.5. The second-order valence-electron chi connectivity index (χ2n) is 7.42. The summed E-state index contributed by atoms with van der Waals surface area (Å²) in [5.41, 5.74) is 3.63. The van der Waals surface area contributed by atoms with Gasteiger partial charge in [0.1, 0.15) is 5.82 Å². The van der Waals surface area contributed by atoms with Gasteiger partial charge in [0.2, 0.25) is 0 Å². The first-order chi connectivity index (χ1) is 15.4. The van der Waals surface area contributed by atoms with Gasteiger partial charge in [-0.2, -0.15) is 0 Å². The van der Waals surface area contributed by atoms with E-state index in [0.717, 1.165) is 36.1 Å². The fourth-order valence-corrected chi connectivity index (χ4v) is 3.40. The van der Waals surface area contributed by atoms with Gasteiger partial charge in [-0.1, -0.05) is 49.7 Å². The van der Waals surface area contributed by atoms with Gasteiger partial charge in [-0.15, -0.1) is 0 Å². The second kappa shape index (κ2) is 10.9. The zero-order valence-corrected chi connectivity index (χ0v) is 17.6. The van der Waals surface area contributed by atoms with E-state index in [-0.39, 0.29) is 12.8 Å². The number of aryl methyl sites for hydroxylation is 3. The van der Waals surface area contributed by atoms with Crippen molar-refractivity contribution in [2.24, 2.45) is 0 Å². The predicted octanol–water partition coefficient (Wildman–Crippen LogP) is 7.67. The van der Waals surface area contributed by atoms with Gasteiger partial charge in [-0.05, 0) is 65.3 Å². The quantitative estimate of drug-likeness (QED) is 0.242.